The van der Waals surface area contributed by atoms with E-state index in [9.17, 15) is 31.7 Å². The van der Waals surface area contributed by atoms with Crippen LogP contribution in [0.5, 0.6) is 0 Å². The highest BCUT2D eigenvalue weighted by molar-refractivity contribution is 8.17. The summed E-state index contributed by atoms with van der Waals surface area (Å²) in [7, 11) is -4.83. The average molecular weight is 578 g/mol. The second-order valence-electron chi connectivity index (χ2n) is 7.62. The maximum Gasteiger partial charge on any atom is 0.469 e. The number of phosphoric acid groups is 1. The Morgan fingerprint density at radius 3 is 2.55 bits per heavy atom. The number of nitrogens with two attached hydrogens (primary N) is 1. The molecule has 0 saturated heterocycles. The van der Waals surface area contributed by atoms with Gasteiger partial charge in [0.2, 0.25) is 11.0 Å². The van der Waals surface area contributed by atoms with Crippen LogP contribution in [0.2, 0.25) is 0 Å². The molecule has 38 heavy (non-hydrogen) atoms. The maximum atomic E-state index is 14.0. The minimum absolute atomic E-state index is 0.0124. The Labute approximate surface area is 218 Å². The smallest absolute Gasteiger partial charge is 0.383 e. The van der Waals surface area contributed by atoms with E-state index in [0.29, 0.717) is 35.3 Å². The number of hydrogen-bond donors (Lipinski definition) is 4. The second-order valence-corrected chi connectivity index (χ2v) is 9.96. The first-order valence-electron chi connectivity index (χ1n) is 10.6. The van der Waals surface area contributed by atoms with Gasteiger partial charge in [0.05, 0.1) is 12.2 Å². The highest BCUT2D eigenvalue weighted by Gasteiger charge is 2.31. The molecule has 1 aromatic carbocycles. The minimum Gasteiger partial charge on any atom is -0.383 e. The molecule has 0 bridgehead atoms. The van der Waals surface area contributed by atoms with Gasteiger partial charge in [-0.05, 0) is 38.1 Å². The molecule has 0 aliphatic rings. The number of alkyl halides is 3. The van der Waals surface area contributed by atoms with E-state index >= 15 is 0 Å². The third-order valence-electron chi connectivity index (χ3n) is 4.76. The maximum absolute atomic E-state index is 14.0. The van der Waals surface area contributed by atoms with Crippen LogP contribution in [-0.4, -0.2) is 37.4 Å². The van der Waals surface area contributed by atoms with Crippen molar-refractivity contribution >= 4 is 42.5 Å². The lowest BCUT2D eigenvalue weighted by atomic mass is 10.1. The van der Waals surface area contributed by atoms with Crippen molar-refractivity contribution in [3.63, 3.8) is 0 Å². The van der Waals surface area contributed by atoms with Crippen molar-refractivity contribution in [3.8, 4) is 0 Å². The van der Waals surface area contributed by atoms with E-state index in [1.807, 2.05) is 0 Å². The van der Waals surface area contributed by atoms with Crippen molar-refractivity contribution in [1.29, 1.82) is 0 Å². The molecule has 0 radical (unpaired) electrons. The van der Waals surface area contributed by atoms with Crippen molar-refractivity contribution < 1.29 is 46.0 Å². The van der Waals surface area contributed by atoms with Gasteiger partial charge in [-0.15, -0.1) is 0 Å². The Morgan fingerprint density at radius 1 is 1.29 bits per heavy atom. The first kappa shape index (κ1) is 31.1. The Bertz CT molecular complexity index is 1310. The van der Waals surface area contributed by atoms with Crippen molar-refractivity contribution in [2.24, 2.45) is 0 Å². The number of carbonyl (C=O) groups is 2. The number of hydrogen-bond acceptors (Lipinski definition) is 8. The summed E-state index contributed by atoms with van der Waals surface area (Å²) in [6.45, 7) is 2.39. The fourth-order valence-corrected chi connectivity index (χ4v) is 3.95. The van der Waals surface area contributed by atoms with Gasteiger partial charge in [0, 0.05) is 40.8 Å². The molecule has 0 aliphatic carbocycles. The number of nitrogens with one attached hydrogen (secondary N) is 1. The zero-order chi connectivity index (χ0) is 28.7. The first-order chi connectivity index (χ1) is 17.6. The monoisotopic (exact) mass is 578 g/mol. The lowest BCUT2D eigenvalue weighted by Gasteiger charge is -2.12. The Kier molecular flexibility index (Phi) is 10.7. The molecule has 0 aliphatic heterocycles. The number of rotatable bonds is 10. The number of nitrogen functional groups attached to an aromatic ring is 1. The van der Waals surface area contributed by atoms with Crippen LogP contribution in [0.4, 0.5) is 23.4 Å². The molecule has 16 heteroatoms. The SMILES string of the molecule is C/C(C(=O)NCc1cnc(C)nc1N)=C(\CCOP(=O)(O)O)SC(=O)/C=C/c1ccc(C(F)(F)F)cc1F. The van der Waals surface area contributed by atoms with Crippen molar-refractivity contribution in [2.75, 3.05) is 12.3 Å². The van der Waals surface area contributed by atoms with Crippen LogP contribution in [0.15, 0.2) is 41.0 Å². The van der Waals surface area contributed by atoms with Crippen LogP contribution in [0.3, 0.4) is 0 Å². The van der Waals surface area contributed by atoms with Gasteiger partial charge in [0.15, 0.2) is 0 Å². The van der Waals surface area contributed by atoms with E-state index in [1.54, 1.807) is 6.92 Å². The summed E-state index contributed by atoms with van der Waals surface area (Å²) in [5.41, 5.74) is 4.76. The number of anilines is 1. The molecule has 1 amide bonds. The topological polar surface area (TPSA) is 165 Å². The number of benzene rings is 1. The number of thioether (sulfide) groups is 1. The van der Waals surface area contributed by atoms with E-state index in [2.05, 4.69) is 19.8 Å². The van der Waals surface area contributed by atoms with Crippen LogP contribution in [-0.2, 0) is 31.4 Å². The predicted octanol–water partition coefficient (Wildman–Crippen LogP) is 3.89. The van der Waals surface area contributed by atoms with Gasteiger partial charge in [0.25, 0.3) is 0 Å². The molecular weight excluding hydrogens is 555 g/mol. The first-order valence-corrected chi connectivity index (χ1v) is 12.9. The normalized spacial score (nSPS) is 12.9. The third kappa shape index (κ3) is 9.99. The zero-order valence-corrected chi connectivity index (χ0v) is 21.7. The van der Waals surface area contributed by atoms with Crippen molar-refractivity contribution in [2.45, 2.75) is 33.0 Å². The second kappa shape index (κ2) is 13.1. The van der Waals surface area contributed by atoms with E-state index < -0.39 is 43.0 Å². The minimum atomic E-state index is -4.83. The van der Waals surface area contributed by atoms with Gasteiger partial charge >= 0.3 is 14.0 Å². The molecule has 0 saturated carbocycles. The van der Waals surface area contributed by atoms with Crippen molar-refractivity contribution in [3.05, 3.63) is 69.3 Å². The van der Waals surface area contributed by atoms with Gasteiger partial charge in [-0.1, -0.05) is 17.8 Å². The molecule has 2 aromatic rings. The van der Waals surface area contributed by atoms with E-state index in [-0.39, 0.29) is 34.8 Å². The number of phosphoric ester groups is 1. The molecule has 10 nitrogen and oxygen atoms in total. The van der Waals surface area contributed by atoms with Gasteiger partial charge in [-0.25, -0.2) is 18.9 Å². The molecule has 0 fully saturated rings. The summed E-state index contributed by atoms with van der Waals surface area (Å²) in [5.74, 6) is -1.26. The van der Waals surface area contributed by atoms with Gasteiger partial charge in [-0.2, -0.15) is 13.2 Å². The summed E-state index contributed by atoms with van der Waals surface area (Å²) >= 11 is 0.499. The molecule has 206 valence electrons. The van der Waals surface area contributed by atoms with Crippen LogP contribution in [0, 0.1) is 12.7 Å². The third-order valence-corrected chi connectivity index (χ3v) is 6.37. The number of halogens is 4. The number of aromatic nitrogens is 2. The molecule has 2 rings (SSSR count). The molecular formula is C22H23F4N4O6PS. The van der Waals surface area contributed by atoms with E-state index in [4.69, 9.17) is 15.5 Å². The summed E-state index contributed by atoms with van der Waals surface area (Å²) in [6.07, 6.45) is -1.71. The predicted molar refractivity (Wildman–Crippen MR) is 131 cm³/mol. The van der Waals surface area contributed by atoms with E-state index in [0.717, 1.165) is 18.2 Å². The standard InChI is InChI=1S/C22H23F4N4O6PS/c1-12(21(32)29-11-15-10-28-13(2)30-20(15)27)18(7-8-36-37(33,34)35)38-19(31)6-4-14-3-5-16(9-17(14)23)22(24,25)26/h3-6,9-10H,7-8,11H2,1-2H3,(H,29,32)(H2,27,28,30)(H2,33,34,35)/b6-4+,18-12-. The molecule has 1 heterocycles. The summed E-state index contributed by atoms with van der Waals surface area (Å²) < 4.78 is 67.6. The summed E-state index contributed by atoms with van der Waals surface area (Å²) in [4.78, 5) is 51.0. The van der Waals surface area contributed by atoms with E-state index in [1.165, 1.54) is 13.1 Å². The number of aryl methyl sites for hydroxylation is 1. The molecule has 0 unspecified atom stereocenters. The lowest BCUT2D eigenvalue weighted by molar-refractivity contribution is -0.137. The number of nitrogens with zero attached hydrogens (tertiary/aromatic N) is 2. The van der Waals surface area contributed by atoms with Crippen LogP contribution in [0.25, 0.3) is 6.08 Å². The highest BCUT2D eigenvalue weighted by Crippen LogP contribution is 2.37. The Balaban J connectivity index is 2.19. The lowest BCUT2D eigenvalue weighted by Crippen LogP contribution is -2.25. The summed E-state index contributed by atoms with van der Waals surface area (Å²) in [5, 5.41) is 1.83. The fraction of sp³-hybridized carbons (Fsp3) is 0.273. The molecule has 5 N–H and O–H groups in total. The van der Waals surface area contributed by atoms with Gasteiger partial charge in [0.1, 0.15) is 17.5 Å². The van der Waals surface area contributed by atoms with Gasteiger partial charge < -0.3 is 20.8 Å². The van der Waals surface area contributed by atoms with Crippen LogP contribution >= 0.6 is 19.6 Å². The summed E-state index contributed by atoms with van der Waals surface area (Å²) in [6, 6.07) is 1.81. The highest BCUT2D eigenvalue weighted by atomic mass is 32.2. The number of amides is 1. The van der Waals surface area contributed by atoms with Gasteiger partial charge in [-0.3, -0.25) is 14.1 Å². The molecule has 0 spiro atoms. The van der Waals surface area contributed by atoms with Crippen molar-refractivity contribution in [1.82, 2.24) is 15.3 Å². The molecule has 0 atom stereocenters. The zero-order valence-electron chi connectivity index (χ0n) is 20.0. The van der Waals surface area contributed by atoms with Crippen LogP contribution < -0.4 is 11.1 Å². The molecule has 1 aromatic heterocycles. The quantitative estimate of drug-likeness (QED) is 0.185. The Morgan fingerprint density at radius 2 is 1.97 bits per heavy atom. The Hall–Kier alpha value is -3.10. The average Bonchev–Trinajstić information content (AvgIpc) is 2.80. The fourth-order valence-electron chi connectivity index (χ4n) is 2.81. The van der Waals surface area contributed by atoms with Crippen LogP contribution in [0.1, 0.15) is 35.9 Å². The number of carbonyl (C=O) groups excluding carboxylic acids is 2. The largest absolute Gasteiger partial charge is 0.469 e.